The number of benzene rings is 3. The molecule has 0 amide bonds. The number of nitrogens with zero attached hydrogens (tertiary/aromatic N) is 5. The maximum Gasteiger partial charge on any atom is 0.291 e. The van der Waals surface area contributed by atoms with Gasteiger partial charge in [0.1, 0.15) is 11.3 Å². The maximum atomic E-state index is 13.5. The van der Waals surface area contributed by atoms with E-state index in [0.29, 0.717) is 21.1 Å². The monoisotopic (exact) mass is 543 g/mol. The molecular formula is C32H25N5O2S. The fourth-order valence-corrected chi connectivity index (χ4v) is 6.31. The predicted molar refractivity (Wildman–Crippen MR) is 159 cm³/mol. The van der Waals surface area contributed by atoms with Gasteiger partial charge in [0.15, 0.2) is 5.76 Å². The first-order valence-corrected chi connectivity index (χ1v) is 13.8. The summed E-state index contributed by atoms with van der Waals surface area (Å²) >= 11 is 1.31. The van der Waals surface area contributed by atoms with Gasteiger partial charge in [0, 0.05) is 28.3 Å². The first-order valence-electron chi connectivity index (χ1n) is 13.0. The van der Waals surface area contributed by atoms with Crippen molar-refractivity contribution in [3.05, 3.63) is 116 Å². The fourth-order valence-electron chi connectivity index (χ4n) is 5.41. The summed E-state index contributed by atoms with van der Waals surface area (Å²) in [5.41, 5.74) is 8.69. The van der Waals surface area contributed by atoms with E-state index in [9.17, 15) is 4.79 Å². The van der Waals surface area contributed by atoms with E-state index in [2.05, 4.69) is 43.0 Å². The zero-order valence-corrected chi connectivity index (χ0v) is 23.3. The van der Waals surface area contributed by atoms with Gasteiger partial charge in [0.2, 0.25) is 10.8 Å². The third-order valence-corrected chi connectivity index (χ3v) is 8.15. The number of para-hydroxylation sites is 2. The van der Waals surface area contributed by atoms with Crippen LogP contribution in [0.2, 0.25) is 0 Å². The molecule has 4 heterocycles. The van der Waals surface area contributed by atoms with Crippen LogP contribution in [0.15, 0.2) is 82.1 Å². The van der Waals surface area contributed by atoms with E-state index in [1.165, 1.54) is 21.4 Å². The van der Waals surface area contributed by atoms with E-state index >= 15 is 0 Å². The summed E-state index contributed by atoms with van der Waals surface area (Å²) in [7, 11) is 0. The lowest BCUT2D eigenvalue weighted by molar-refractivity contribution is 0.622. The molecule has 0 aliphatic carbocycles. The molecule has 8 heteroatoms. The lowest BCUT2D eigenvalue weighted by Gasteiger charge is -2.10. The lowest BCUT2D eigenvalue weighted by Crippen LogP contribution is -2.23. The van der Waals surface area contributed by atoms with E-state index in [0.717, 1.165) is 50.2 Å². The van der Waals surface area contributed by atoms with Gasteiger partial charge in [-0.25, -0.2) is 4.68 Å². The summed E-state index contributed by atoms with van der Waals surface area (Å²) in [4.78, 5) is 18.7. The molecule has 7 rings (SSSR count). The Morgan fingerprint density at radius 2 is 1.62 bits per heavy atom. The van der Waals surface area contributed by atoms with Gasteiger partial charge in [-0.05, 0) is 63.1 Å². The summed E-state index contributed by atoms with van der Waals surface area (Å²) in [6, 6.07) is 22.1. The van der Waals surface area contributed by atoms with Crippen molar-refractivity contribution in [2.75, 3.05) is 0 Å². The van der Waals surface area contributed by atoms with Gasteiger partial charge in [-0.15, -0.1) is 5.10 Å². The molecular weight excluding hydrogens is 518 g/mol. The summed E-state index contributed by atoms with van der Waals surface area (Å²) < 4.78 is 9.80. The molecule has 0 spiro atoms. The summed E-state index contributed by atoms with van der Waals surface area (Å²) in [6.07, 6.45) is 3.87. The van der Waals surface area contributed by atoms with Gasteiger partial charge in [-0.1, -0.05) is 65.4 Å². The van der Waals surface area contributed by atoms with Gasteiger partial charge in [-0.3, -0.25) is 4.79 Å². The maximum absolute atomic E-state index is 13.5. The number of furan rings is 1. The van der Waals surface area contributed by atoms with Gasteiger partial charge < -0.3 is 4.42 Å². The molecule has 0 saturated carbocycles. The average Bonchev–Trinajstić information content (AvgIpc) is 3.69. The van der Waals surface area contributed by atoms with Crippen LogP contribution in [0.3, 0.4) is 0 Å². The van der Waals surface area contributed by atoms with Crippen LogP contribution >= 0.6 is 11.3 Å². The number of thiazole rings is 1. The van der Waals surface area contributed by atoms with E-state index in [-0.39, 0.29) is 5.56 Å². The van der Waals surface area contributed by atoms with Gasteiger partial charge in [0.05, 0.1) is 10.2 Å². The lowest BCUT2D eigenvalue weighted by atomic mass is 9.95. The molecule has 196 valence electrons. The minimum absolute atomic E-state index is 0.219. The van der Waals surface area contributed by atoms with E-state index in [4.69, 9.17) is 9.52 Å². The second-order valence-electron chi connectivity index (χ2n) is 10.1. The highest BCUT2D eigenvalue weighted by atomic mass is 32.1. The molecule has 4 aromatic heterocycles. The van der Waals surface area contributed by atoms with Crippen molar-refractivity contribution in [3.63, 3.8) is 0 Å². The smallest absolute Gasteiger partial charge is 0.291 e. The summed E-state index contributed by atoms with van der Waals surface area (Å²) in [5.74, 6) is 0.992. The van der Waals surface area contributed by atoms with Gasteiger partial charge in [0.25, 0.3) is 5.56 Å². The van der Waals surface area contributed by atoms with Crippen LogP contribution in [0.1, 0.15) is 27.8 Å². The van der Waals surface area contributed by atoms with E-state index < -0.39 is 0 Å². The number of fused-ring (bicyclic) bond motifs is 2. The van der Waals surface area contributed by atoms with Crippen molar-refractivity contribution in [1.82, 2.24) is 24.4 Å². The topological polar surface area (TPSA) is 78.2 Å². The molecule has 0 atom stereocenters. The Hall–Kier alpha value is -4.82. The van der Waals surface area contributed by atoms with Gasteiger partial charge >= 0.3 is 0 Å². The van der Waals surface area contributed by atoms with Crippen LogP contribution in [-0.2, 0) is 0 Å². The molecule has 0 saturated heterocycles. The predicted octanol–water partition coefficient (Wildman–Crippen LogP) is 6.20. The Bertz CT molecular complexity index is 2160. The van der Waals surface area contributed by atoms with Crippen LogP contribution in [0.5, 0.6) is 0 Å². The molecule has 7 aromatic rings. The highest BCUT2D eigenvalue weighted by molar-refractivity contribution is 7.15. The van der Waals surface area contributed by atoms with Crippen LogP contribution in [0.4, 0.5) is 0 Å². The normalized spacial score (nSPS) is 12.2. The number of hydrogen-bond donors (Lipinski definition) is 0. The SMILES string of the molecule is Cc1cc(C)c(-c2nn(-c3ccccc3)cc2C=c2sc3nc(-c4oc5ccccc5c4C)nn3c2=O)c(C)c1. The Morgan fingerprint density at radius 1 is 0.900 bits per heavy atom. The molecule has 0 N–H and O–H groups in total. The molecule has 0 aliphatic rings. The largest absolute Gasteiger partial charge is 0.452 e. The Labute approximate surface area is 233 Å². The van der Waals surface area contributed by atoms with Crippen molar-refractivity contribution in [2.24, 2.45) is 0 Å². The molecule has 0 aliphatic heterocycles. The van der Waals surface area contributed by atoms with Crippen molar-refractivity contribution in [1.29, 1.82) is 0 Å². The Morgan fingerprint density at radius 3 is 2.35 bits per heavy atom. The third-order valence-electron chi connectivity index (χ3n) is 7.19. The highest BCUT2D eigenvalue weighted by Gasteiger charge is 2.20. The minimum atomic E-state index is -0.219. The van der Waals surface area contributed by atoms with E-state index in [1.807, 2.05) is 78.5 Å². The first kappa shape index (κ1) is 24.2. The zero-order chi connectivity index (χ0) is 27.5. The van der Waals surface area contributed by atoms with Crippen LogP contribution in [0.25, 0.3) is 50.5 Å². The Balaban J connectivity index is 1.39. The third kappa shape index (κ3) is 3.87. The molecule has 40 heavy (non-hydrogen) atoms. The second-order valence-corrected chi connectivity index (χ2v) is 11.1. The van der Waals surface area contributed by atoms with Crippen molar-refractivity contribution in [2.45, 2.75) is 27.7 Å². The average molecular weight is 544 g/mol. The molecule has 0 bridgehead atoms. The van der Waals surface area contributed by atoms with Crippen molar-refractivity contribution in [3.8, 4) is 28.5 Å². The van der Waals surface area contributed by atoms with Crippen LogP contribution in [0, 0.1) is 27.7 Å². The van der Waals surface area contributed by atoms with Crippen molar-refractivity contribution < 1.29 is 4.42 Å². The molecule has 3 aromatic carbocycles. The molecule has 7 nitrogen and oxygen atoms in total. The number of aryl methyl sites for hydroxylation is 4. The number of hydrogen-bond acceptors (Lipinski definition) is 6. The molecule has 0 fully saturated rings. The summed E-state index contributed by atoms with van der Waals surface area (Å²) in [6.45, 7) is 8.28. The number of aromatic nitrogens is 5. The molecule has 0 radical (unpaired) electrons. The highest BCUT2D eigenvalue weighted by Crippen LogP contribution is 2.32. The molecule has 0 unspecified atom stereocenters. The van der Waals surface area contributed by atoms with Crippen LogP contribution in [-0.4, -0.2) is 24.4 Å². The van der Waals surface area contributed by atoms with Gasteiger partial charge in [-0.2, -0.15) is 14.6 Å². The minimum Gasteiger partial charge on any atom is -0.452 e. The first-order chi connectivity index (χ1) is 19.4. The van der Waals surface area contributed by atoms with E-state index in [1.54, 1.807) is 0 Å². The second kappa shape index (κ2) is 9.14. The standard InChI is InChI=1S/C32H25N5O2S/c1-18-14-19(2)27(20(3)15-18)28-22(17-36(34-28)23-10-6-5-7-11-23)16-26-31(38)37-32(40-26)33-30(35-37)29-21(4)24-12-8-9-13-25(24)39-29/h5-17H,1-4H3. The quantitative estimate of drug-likeness (QED) is 0.264. The fraction of sp³-hybridized carbons (Fsp3) is 0.125. The number of rotatable bonds is 4. The zero-order valence-electron chi connectivity index (χ0n) is 22.5. The van der Waals surface area contributed by atoms with Crippen molar-refractivity contribution >= 4 is 33.3 Å². The summed E-state index contributed by atoms with van der Waals surface area (Å²) in [5, 5.41) is 10.5. The Kier molecular flexibility index (Phi) is 5.54. The van der Waals surface area contributed by atoms with Crippen LogP contribution < -0.4 is 10.1 Å².